The highest BCUT2D eigenvalue weighted by Gasteiger charge is 2.15. The van der Waals surface area contributed by atoms with E-state index < -0.39 is 0 Å². The highest BCUT2D eigenvalue weighted by molar-refractivity contribution is 7.17. The maximum atomic E-state index is 13.1. The normalized spacial score (nSPS) is 10.8. The first-order valence-electron chi connectivity index (χ1n) is 15.2. The summed E-state index contributed by atoms with van der Waals surface area (Å²) in [6, 6.07) is 20.3. The summed E-state index contributed by atoms with van der Waals surface area (Å²) in [5.74, 6) is 0.825. The Hall–Kier alpha value is -5.30. The van der Waals surface area contributed by atoms with E-state index in [9.17, 15) is 14.0 Å². The first kappa shape index (κ1) is 34.6. The van der Waals surface area contributed by atoms with Crippen LogP contribution in [0.2, 0.25) is 5.15 Å². The average Bonchev–Trinajstić information content (AvgIpc) is 3.72. The van der Waals surface area contributed by atoms with E-state index in [-0.39, 0.29) is 17.8 Å². The van der Waals surface area contributed by atoms with Crippen molar-refractivity contribution in [2.24, 2.45) is 0 Å². The summed E-state index contributed by atoms with van der Waals surface area (Å²) >= 11 is 9.34. The fourth-order valence-corrected chi connectivity index (χ4v) is 7.26. The van der Waals surface area contributed by atoms with Gasteiger partial charge in [0, 0.05) is 17.7 Å². The third-order valence-electron chi connectivity index (χ3n) is 7.69. The smallest absolute Gasteiger partial charge is 0.337 e. The van der Waals surface area contributed by atoms with Gasteiger partial charge in [0.15, 0.2) is 11.6 Å². The Labute approximate surface area is 299 Å². The van der Waals surface area contributed by atoms with Gasteiger partial charge in [-0.3, -0.25) is 0 Å². The molecule has 13 heteroatoms. The van der Waals surface area contributed by atoms with E-state index >= 15 is 0 Å². The van der Waals surface area contributed by atoms with Crippen molar-refractivity contribution >= 4 is 72.5 Å². The topological polar surface area (TPSA) is 116 Å². The predicted molar refractivity (Wildman–Crippen MR) is 197 cm³/mol. The van der Waals surface area contributed by atoms with Gasteiger partial charge >= 0.3 is 11.9 Å². The molecule has 0 bridgehead atoms. The maximum Gasteiger partial charge on any atom is 0.337 e. The van der Waals surface area contributed by atoms with Gasteiger partial charge in [-0.1, -0.05) is 48.0 Å². The van der Waals surface area contributed by atoms with Crippen LogP contribution in [-0.4, -0.2) is 46.1 Å². The molecule has 7 aromatic rings. The molecular formula is C37H29ClFN5O4S2. The number of carbonyl (C=O) groups is 2. The molecule has 0 atom stereocenters. The van der Waals surface area contributed by atoms with E-state index in [1.54, 1.807) is 72.0 Å². The van der Waals surface area contributed by atoms with Gasteiger partial charge in [-0.05, 0) is 77.7 Å². The summed E-state index contributed by atoms with van der Waals surface area (Å²) < 4.78 is 22.6. The van der Waals surface area contributed by atoms with E-state index in [2.05, 4.69) is 25.0 Å². The fraction of sp³-hybridized carbons (Fsp3) is 0.135. The number of esters is 2. The minimum absolute atomic E-state index is 0.260. The number of nitrogens with one attached hydrogen (secondary N) is 1. The first-order valence-corrected chi connectivity index (χ1v) is 17.3. The number of aryl methyl sites for hydroxylation is 2. The lowest BCUT2D eigenvalue weighted by atomic mass is 10.1. The van der Waals surface area contributed by atoms with Crippen molar-refractivity contribution in [3.05, 3.63) is 122 Å². The largest absolute Gasteiger partial charge is 0.465 e. The second-order valence-corrected chi connectivity index (χ2v) is 13.1. The highest BCUT2D eigenvalue weighted by atomic mass is 35.5. The lowest BCUT2D eigenvalue weighted by Crippen LogP contribution is -2.04. The maximum absolute atomic E-state index is 13.1. The van der Waals surface area contributed by atoms with Crippen molar-refractivity contribution in [1.29, 1.82) is 0 Å². The van der Waals surface area contributed by atoms with Gasteiger partial charge in [0.2, 0.25) is 0 Å². The Morgan fingerprint density at radius 1 is 0.700 bits per heavy atom. The number of hydrogen-bond donors (Lipinski definition) is 1. The Balaban J connectivity index is 0.000000182. The molecule has 3 aromatic carbocycles. The second-order valence-electron chi connectivity index (χ2n) is 11.0. The summed E-state index contributed by atoms with van der Waals surface area (Å²) in [5.41, 5.74) is 5.69. The molecule has 0 aliphatic heterocycles. The van der Waals surface area contributed by atoms with E-state index in [0.717, 1.165) is 54.1 Å². The average molecular weight is 726 g/mol. The summed E-state index contributed by atoms with van der Waals surface area (Å²) in [7, 11) is 2.71. The van der Waals surface area contributed by atoms with Gasteiger partial charge in [-0.15, -0.1) is 22.7 Å². The zero-order chi connectivity index (χ0) is 35.4. The van der Waals surface area contributed by atoms with Gasteiger partial charge < -0.3 is 14.8 Å². The SMILES string of the molecule is COC(=O)c1ccc(-c2nc(Cl)c3c(C)csc3n2)cc1.COC(=O)c1ccc(-c2nc(NCc3ccc(F)cc3)c3c(C)csc3n2)cc1. The second kappa shape index (κ2) is 15.1. The Bertz CT molecular complexity index is 2330. The van der Waals surface area contributed by atoms with Crippen LogP contribution < -0.4 is 5.32 Å². The fourth-order valence-electron chi connectivity index (χ4n) is 5.04. The van der Waals surface area contributed by atoms with Crippen LogP contribution in [0.1, 0.15) is 37.4 Å². The van der Waals surface area contributed by atoms with Crippen LogP contribution in [0, 0.1) is 19.7 Å². The van der Waals surface area contributed by atoms with Crippen LogP contribution in [0.3, 0.4) is 0 Å². The molecule has 0 spiro atoms. The van der Waals surface area contributed by atoms with Gasteiger partial charge in [0.25, 0.3) is 0 Å². The molecule has 0 unspecified atom stereocenters. The molecule has 50 heavy (non-hydrogen) atoms. The molecule has 9 nitrogen and oxygen atoms in total. The summed E-state index contributed by atoms with van der Waals surface area (Å²) in [6.45, 7) is 4.53. The molecule has 0 aliphatic carbocycles. The number of rotatable bonds is 7. The van der Waals surface area contributed by atoms with Crippen molar-refractivity contribution < 1.29 is 23.5 Å². The van der Waals surface area contributed by atoms with Crippen LogP contribution in [0.5, 0.6) is 0 Å². The molecule has 0 saturated carbocycles. The quantitative estimate of drug-likeness (QED) is 0.127. The number of anilines is 1. The number of benzene rings is 3. The van der Waals surface area contributed by atoms with Crippen molar-refractivity contribution in [2.45, 2.75) is 20.4 Å². The molecule has 0 fully saturated rings. The van der Waals surface area contributed by atoms with E-state index in [1.807, 2.05) is 24.6 Å². The molecule has 7 rings (SSSR count). The standard InChI is InChI=1S/C22H18FN3O2S.C15H11ClN2O2S/c1-13-12-29-21-18(13)20(24-11-14-3-9-17(23)10-4-14)25-19(26-21)15-5-7-16(8-6-15)22(27)28-2;1-8-7-21-14-11(8)12(16)17-13(18-14)9-3-5-10(6-4-9)15(19)20-2/h3-10,12H,11H2,1-2H3,(H,24,25,26);3-7H,1-2H3. The summed E-state index contributed by atoms with van der Waals surface area (Å²) in [5, 5.41) is 9.74. The number of aromatic nitrogens is 4. The van der Waals surface area contributed by atoms with Crippen molar-refractivity contribution in [3.63, 3.8) is 0 Å². The van der Waals surface area contributed by atoms with Crippen molar-refractivity contribution in [3.8, 4) is 22.8 Å². The highest BCUT2D eigenvalue weighted by Crippen LogP contribution is 2.33. The van der Waals surface area contributed by atoms with Gasteiger partial charge in [0.1, 0.15) is 26.4 Å². The molecule has 0 amide bonds. The Morgan fingerprint density at radius 2 is 1.18 bits per heavy atom. The van der Waals surface area contributed by atoms with Gasteiger partial charge in [-0.25, -0.2) is 33.9 Å². The third-order valence-corrected chi connectivity index (χ3v) is 9.95. The number of halogens is 2. The van der Waals surface area contributed by atoms with Gasteiger partial charge in [-0.2, -0.15) is 0 Å². The Kier molecular flexibility index (Phi) is 10.4. The molecule has 252 valence electrons. The number of nitrogens with zero attached hydrogens (tertiary/aromatic N) is 4. The number of hydrogen-bond acceptors (Lipinski definition) is 11. The zero-order valence-corrected chi connectivity index (χ0v) is 29.7. The first-order chi connectivity index (χ1) is 24.1. The van der Waals surface area contributed by atoms with E-state index in [1.165, 1.54) is 37.7 Å². The van der Waals surface area contributed by atoms with Crippen LogP contribution in [0.25, 0.3) is 43.2 Å². The molecule has 0 radical (unpaired) electrons. The minimum Gasteiger partial charge on any atom is -0.465 e. The third kappa shape index (κ3) is 7.47. The van der Waals surface area contributed by atoms with Crippen LogP contribution in [-0.2, 0) is 16.0 Å². The number of carbonyl (C=O) groups excluding carboxylic acids is 2. The number of fused-ring (bicyclic) bond motifs is 2. The van der Waals surface area contributed by atoms with Gasteiger partial charge in [0.05, 0.1) is 36.1 Å². The number of methoxy groups -OCH3 is 2. The van der Waals surface area contributed by atoms with Crippen molar-refractivity contribution in [2.75, 3.05) is 19.5 Å². The molecule has 4 heterocycles. The molecule has 1 N–H and O–H groups in total. The molecule has 0 aliphatic rings. The number of thiophene rings is 2. The Morgan fingerprint density at radius 3 is 1.70 bits per heavy atom. The monoisotopic (exact) mass is 725 g/mol. The van der Waals surface area contributed by atoms with Crippen LogP contribution in [0.15, 0.2) is 83.6 Å². The lowest BCUT2D eigenvalue weighted by Gasteiger charge is -2.10. The molecule has 0 saturated heterocycles. The predicted octanol–water partition coefficient (Wildman–Crippen LogP) is 9.31. The summed E-state index contributed by atoms with van der Waals surface area (Å²) in [6.07, 6.45) is 0. The molecule has 4 aromatic heterocycles. The van der Waals surface area contributed by atoms with E-state index in [4.69, 9.17) is 21.3 Å². The zero-order valence-electron chi connectivity index (χ0n) is 27.3. The minimum atomic E-state index is -0.386. The van der Waals surface area contributed by atoms with E-state index in [0.29, 0.717) is 34.5 Å². The van der Waals surface area contributed by atoms with Crippen LogP contribution in [0.4, 0.5) is 10.2 Å². The number of ether oxygens (including phenoxy) is 2. The molecular weight excluding hydrogens is 697 g/mol. The van der Waals surface area contributed by atoms with Crippen LogP contribution >= 0.6 is 34.3 Å². The lowest BCUT2D eigenvalue weighted by molar-refractivity contribution is 0.0592. The van der Waals surface area contributed by atoms with Crippen molar-refractivity contribution in [1.82, 2.24) is 19.9 Å². The summed E-state index contributed by atoms with van der Waals surface area (Å²) in [4.78, 5) is 43.1.